The number of rotatable bonds is 7. The van der Waals surface area contributed by atoms with Crippen LogP contribution in [0, 0.1) is 22.7 Å². The fourth-order valence-corrected chi connectivity index (χ4v) is 4.86. The van der Waals surface area contributed by atoms with E-state index in [1.54, 1.807) is 23.0 Å². The molecular formula is C23H29F3N4O4. The quantitative estimate of drug-likeness (QED) is 0.598. The number of likely N-dealkylation sites (tertiary alicyclic amines) is 1. The van der Waals surface area contributed by atoms with E-state index in [2.05, 4.69) is 5.32 Å². The average Bonchev–Trinajstić information content (AvgIpc) is 3.19. The molecule has 2 saturated heterocycles. The molecular weight excluding hydrogens is 453 g/mol. The van der Waals surface area contributed by atoms with Crippen molar-refractivity contribution >= 4 is 17.5 Å². The number of amides is 2. The molecule has 1 aromatic rings. The number of nitriles is 1. The third-order valence-corrected chi connectivity index (χ3v) is 6.77. The Hall–Kier alpha value is -2.84. The number of nitrogens with one attached hydrogen (secondary N) is 1. The number of hydrogen-bond acceptors (Lipinski definition) is 6. The van der Waals surface area contributed by atoms with Crippen molar-refractivity contribution in [1.82, 2.24) is 10.2 Å². The highest BCUT2D eigenvalue weighted by Crippen LogP contribution is 2.47. The molecule has 1 N–H and O–H groups in total. The molecule has 0 saturated carbocycles. The first-order chi connectivity index (χ1) is 16.1. The van der Waals surface area contributed by atoms with Crippen LogP contribution in [0.3, 0.4) is 0 Å². The third-order valence-electron chi connectivity index (χ3n) is 6.77. The Kier molecular flexibility index (Phi) is 8.05. The Morgan fingerprint density at radius 3 is 2.56 bits per heavy atom. The van der Waals surface area contributed by atoms with Gasteiger partial charge in [-0.15, -0.1) is 0 Å². The third kappa shape index (κ3) is 5.45. The summed E-state index contributed by atoms with van der Waals surface area (Å²) in [5.74, 6) is -0.744. The van der Waals surface area contributed by atoms with Crippen molar-refractivity contribution in [2.75, 3.05) is 65.1 Å². The molecule has 1 unspecified atom stereocenters. The fraction of sp³-hybridized carbons (Fsp3) is 0.609. The molecule has 3 rings (SSSR count). The smallest absolute Gasteiger partial charge is 0.382 e. The summed E-state index contributed by atoms with van der Waals surface area (Å²) in [6, 6.07) is 5.23. The molecule has 11 heteroatoms. The highest BCUT2D eigenvalue weighted by Gasteiger charge is 2.51. The summed E-state index contributed by atoms with van der Waals surface area (Å²) in [5, 5.41) is 11.7. The van der Waals surface area contributed by atoms with Gasteiger partial charge in [0.1, 0.15) is 6.61 Å². The number of carbonyl (C=O) groups excluding carboxylic acids is 2. The zero-order chi connectivity index (χ0) is 24.9. The van der Waals surface area contributed by atoms with Gasteiger partial charge in [-0.3, -0.25) is 9.59 Å². The summed E-state index contributed by atoms with van der Waals surface area (Å²) in [7, 11) is 3.09. The minimum atomic E-state index is -4.66. The molecule has 2 aliphatic rings. The van der Waals surface area contributed by atoms with E-state index in [0.29, 0.717) is 51.4 Å². The van der Waals surface area contributed by atoms with Gasteiger partial charge in [-0.2, -0.15) is 18.4 Å². The molecule has 2 aliphatic heterocycles. The molecule has 2 fully saturated rings. The number of halogens is 3. The summed E-state index contributed by atoms with van der Waals surface area (Å²) in [5.41, 5.74) is -1.58. The van der Waals surface area contributed by atoms with E-state index in [0.717, 1.165) is 6.07 Å². The van der Waals surface area contributed by atoms with Gasteiger partial charge in [0, 0.05) is 51.4 Å². The SMILES string of the molecule is CNC(=O)C1CN(c2ccc(C#N)c(C(F)(F)F)c2)CC12CCN(C(=O)COCCOC)CC2. The lowest BCUT2D eigenvalue weighted by Gasteiger charge is -2.42. The first kappa shape index (κ1) is 25.8. The number of benzene rings is 1. The normalized spacial score (nSPS) is 19.8. The maximum absolute atomic E-state index is 13.5. The van der Waals surface area contributed by atoms with Gasteiger partial charge in [0.2, 0.25) is 11.8 Å². The van der Waals surface area contributed by atoms with Crippen LogP contribution in [-0.4, -0.2) is 76.9 Å². The fourth-order valence-electron chi connectivity index (χ4n) is 4.86. The zero-order valence-electron chi connectivity index (χ0n) is 19.3. The summed E-state index contributed by atoms with van der Waals surface area (Å²) in [4.78, 5) is 28.7. The zero-order valence-corrected chi connectivity index (χ0v) is 19.3. The van der Waals surface area contributed by atoms with E-state index in [1.165, 1.54) is 19.2 Å². The molecule has 2 amide bonds. The Bertz CT molecular complexity index is 939. The molecule has 0 aliphatic carbocycles. The topological polar surface area (TPSA) is 94.9 Å². The number of alkyl halides is 3. The lowest BCUT2D eigenvalue weighted by molar-refractivity contribution is -0.140. The van der Waals surface area contributed by atoms with Gasteiger partial charge in [-0.25, -0.2) is 0 Å². The average molecular weight is 483 g/mol. The molecule has 1 atom stereocenters. The molecule has 1 aromatic carbocycles. The lowest BCUT2D eigenvalue weighted by atomic mass is 9.70. The second-order valence-corrected chi connectivity index (χ2v) is 8.68. The molecule has 1 spiro atoms. The van der Waals surface area contributed by atoms with Crippen LogP contribution in [0.1, 0.15) is 24.0 Å². The Labute approximate surface area is 196 Å². The molecule has 8 nitrogen and oxygen atoms in total. The standard InChI is InChI=1S/C23H29F3N4O4/c1-28-21(32)19-13-30(17-4-3-16(12-27)18(11-17)23(24,25)26)15-22(19)5-7-29(8-6-22)20(31)14-34-10-9-33-2/h3-4,11,19H,5-10,13-15H2,1-2H3,(H,28,32). The number of piperidine rings is 1. The van der Waals surface area contributed by atoms with Crippen molar-refractivity contribution in [3.8, 4) is 6.07 Å². The van der Waals surface area contributed by atoms with E-state index >= 15 is 0 Å². The molecule has 0 bridgehead atoms. The van der Waals surface area contributed by atoms with E-state index < -0.39 is 28.6 Å². The van der Waals surface area contributed by atoms with Crippen LogP contribution in [0.2, 0.25) is 0 Å². The number of anilines is 1. The van der Waals surface area contributed by atoms with Crippen LogP contribution < -0.4 is 10.2 Å². The number of nitrogens with zero attached hydrogens (tertiary/aromatic N) is 3. The second-order valence-electron chi connectivity index (χ2n) is 8.68. The Morgan fingerprint density at radius 1 is 1.26 bits per heavy atom. The molecule has 0 radical (unpaired) electrons. The predicted molar refractivity (Wildman–Crippen MR) is 117 cm³/mol. The van der Waals surface area contributed by atoms with Crippen LogP contribution >= 0.6 is 0 Å². The maximum Gasteiger partial charge on any atom is 0.417 e. The number of carbonyl (C=O) groups is 2. The highest BCUT2D eigenvalue weighted by atomic mass is 19.4. The molecule has 0 aromatic heterocycles. The number of methoxy groups -OCH3 is 1. The van der Waals surface area contributed by atoms with Crippen LogP contribution in [0.15, 0.2) is 18.2 Å². The molecule has 2 heterocycles. The summed E-state index contributed by atoms with van der Waals surface area (Å²) >= 11 is 0. The monoisotopic (exact) mass is 482 g/mol. The summed E-state index contributed by atoms with van der Waals surface area (Å²) < 4.78 is 50.6. The number of hydrogen-bond donors (Lipinski definition) is 1. The van der Waals surface area contributed by atoms with Crippen molar-refractivity contribution in [2.45, 2.75) is 19.0 Å². The summed E-state index contributed by atoms with van der Waals surface area (Å²) in [6.07, 6.45) is -3.56. The van der Waals surface area contributed by atoms with Crippen LogP contribution in [0.5, 0.6) is 0 Å². The van der Waals surface area contributed by atoms with E-state index in [4.69, 9.17) is 14.7 Å². The van der Waals surface area contributed by atoms with E-state index in [9.17, 15) is 22.8 Å². The Morgan fingerprint density at radius 2 is 1.97 bits per heavy atom. The van der Waals surface area contributed by atoms with Crippen LogP contribution in [0.4, 0.5) is 18.9 Å². The predicted octanol–water partition coefficient (Wildman–Crippen LogP) is 2.03. The van der Waals surface area contributed by atoms with Gasteiger partial charge in [0.05, 0.1) is 36.3 Å². The second kappa shape index (κ2) is 10.6. The Balaban J connectivity index is 1.76. The van der Waals surface area contributed by atoms with Crippen LogP contribution in [-0.2, 0) is 25.2 Å². The van der Waals surface area contributed by atoms with Crippen molar-refractivity contribution < 1.29 is 32.2 Å². The maximum atomic E-state index is 13.5. The lowest BCUT2D eigenvalue weighted by Crippen LogP contribution is -2.50. The highest BCUT2D eigenvalue weighted by molar-refractivity contribution is 5.81. The first-order valence-corrected chi connectivity index (χ1v) is 11.1. The van der Waals surface area contributed by atoms with Gasteiger partial charge in [-0.05, 0) is 31.0 Å². The minimum absolute atomic E-state index is 0.0488. The van der Waals surface area contributed by atoms with Gasteiger partial charge in [0.15, 0.2) is 0 Å². The van der Waals surface area contributed by atoms with Gasteiger partial charge in [-0.1, -0.05) is 0 Å². The van der Waals surface area contributed by atoms with E-state index in [1.807, 2.05) is 0 Å². The summed E-state index contributed by atoms with van der Waals surface area (Å²) in [6.45, 7) is 2.19. The van der Waals surface area contributed by atoms with E-state index in [-0.39, 0.29) is 25.0 Å². The van der Waals surface area contributed by atoms with Gasteiger partial charge >= 0.3 is 6.18 Å². The van der Waals surface area contributed by atoms with Crippen LogP contribution in [0.25, 0.3) is 0 Å². The molecule has 186 valence electrons. The largest absolute Gasteiger partial charge is 0.417 e. The first-order valence-electron chi connectivity index (χ1n) is 11.1. The van der Waals surface area contributed by atoms with Crippen molar-refractivity contribution in [3.63, 3.8) is 0 Å². The van der Waals surface area contributed by atoms with Crippen molar-refractivity contribution in [1.29, 1.82) is 5.26 Å². The van der Waals surface area contributed by atoms with Crippen molar-refractivity contribution in [2.24, 2.45) is 11.3 Å². The molecule has 34 heavy (non-hydrogen) atoms. The van der Waals surface area contributed by atoms with Gasteiger partial charge < -0.3 is 24.6 Å². The number of ether oxygens (including phenoxy) is 2. The minimum Gasteiger partial charge on any atom is -0.382 e. The van der Waals surface area contributed by atoms with Crippen molar-refractivity contribution in [3.05, 3.63) is 29.3 Å². The van der Waals surface area contributed by atoms with Gasteiger partial charge in [0.25, 0.3) is 0 Å².